The summed E-state index contributed by atoms with van der Waals surface area (Å²) in [4.78, 5) is 15.6. The van der Waals surface area contributed by atoms with Crippen LogP contribution < -0.4 is 0 Å². The molecule has 0 bridgehead atoms. The third kappa shape index (κ3) is 2.83. The van der Waals surface area contributed by atoms with E-state index in [1.54, 1.807) is 11.8 Å². The Morgan fingerprint density at radius 2 is 1.95 bits per heavy atom. The van der Waals surface area contributed by atoms with Crippen molar-refractivity contribution in [2.45, 2.75) is 37.5 Å². The van der Waals surface area contributed by atoms with Crippen molar-refractivity contribution in [2.75, 3.05) is 0 Å². The molecule has 0 saturated carbocycles. The highest BCUT2D eigenvalue weighted by Crippen LogP contribution is 2.36. The highest BCUT2D eigenvalue weighted by Gasteiger charge is 2.32. The summed E-state index contributed by atoms with van der Waals surface area (Å²) in [6, 6.07) is 12.4. The molecule has 0 saturated heterocycles. The van der Waals surface area contributed by atoms with Crippen molar-refractivity contribution in [2.24, 2.45) is 5.41 Å². The normalized spacial score (nSPS) is 17.0. The van der Waals surface area contributed by atoms with Gasteiger partial charge in [-0.05, 0) is 23.5 Å². The number of nitrogens with one attached hydrogen (secondary N) is 1. The first-order valence-electron chi connectivity index (χ1n) is 6.95. The third-order valence-corrected chi connectivity index (χ3v) is 4.72. The molecule has 1 aromatic carbocycles. The van der Waals surface area contributed by atoms with Gasteiger partial charge >= 0.3 is 0 Å². The SMILES string of the molecule is CC1(C)CC(=O)c2cc(SCc3ccccc3)[nH]c2C1. The minimum absolute atomic E-state index is 0.0797. The highest BCUT2D eigenvalue weighted by molar-refractivity contribution is 7.98. The quantitative estimate of drug-likeness (QED) is 0.844. The molecule has 0 unspecified atom stereocenters. The lowest BCUT2D eigenvalue weighted by molar-refractivity contribution is 0.0912. The van der Waals surface area contributed by atoms with E-state index in [4.69, 9.17) is 0 Å². The molecule has 0 fully saturated rings. The fourth-order valence-electron chi connectivity index (χ4n) is 2.74. The summed E-state index contributed by atoms with van der Waals surface area (Å²) in [5.74, 6) is 1.21. The number of hydrogen-bond acceptors (Lipinski definition) is 2. The lowest BCUT2D eigenvalue weighted by Gasteiger charge is -2.27. The Hall–Kier alpha value is -1.48. The number of fused-ring (bicyclic) bond motifs is 1. The molecule has 2 aromatic rings. The number of carbonyl (C=O) groups is 1. The number of hydrogen-bond donors (Lipinski definition) is 1. The number of aromatic nitrogens is 1. The maximum Gasteiger partial charge on any atom is 0.165 e. The van der Waals surface area contributed by atoms with E-state index in [-0.39, 0.29) is 11.2 Å². The Morgan fingerprint density at radius 3 is 2.70 bits per heavy atom. The van der Waals surface area contributed by atoms with Gasteiger partial charge in [0.2, 0.25) is 0 Å². The van der Waals surface area contributed by atoms with Gasteiger partial charge in [-0.15, -0.1) is 11.8 Å². The zero-order chi connectivity index (χ0) is 14.2. The second-order valence-corrected chi connectivity index (χ2v) is 7.26. The molecular formula is C17H19NOS. The first kappa shape index (κ1) is 13.5. The van der Waals surface area contributed by atoms with Crippen LogP contribution in [0.15, 0.2) is 41.4 Å². The Labute approximate surface area is 124 Å². The number of ketones is 1. The molecular weight excluding hydrogens is 266 g/mol. The van der Waals surface area contributed by atoms with Crippen LogP contribution in [-0.4, -0.2) is 10.8 Å². The van der Waals surface area contributed by atoms with E-state index in [1.165, 1.54) is 5.56 Å². The first-order chi connectivity index (χ1) is 9.53. The molecule has 1 heterocycles. The lowest BCUT2D eigenvalue weighted by Crippen LogP contribution is -2.26. The molecule has 0 radical (unpaired) electrons. The van der Waals surface area contributed by atoms with Gasteiger partial charge in [0, 0.05) is 23.4 Å². The van der Waals surface area contributed by atoms with Gasteiger partial charge in [0.15, 0.2) is 5.78 Å². The van der Waals surface area contributed by atoms with Crippen molar-refractivity contribution in [1.82, 2.24) is 4.98 Å². The average molecular weight is 285 g/mol. The molecule has 1 aromatic heterocycles. The lowest BCUT2D eigenvalue weighted by atomic mass is 9.76. The fraction of sp³-hybridized carbons (Fsp3) is 0.353. The van der Waals surface area contributed by atoms with Gasteiger partial charge in [0.1, 0.15) is 0 Å². The number of thioether (sulfide) groups is 1. The average Bonchev–Trinajstić information content (AvgIpc) is 2.79. The second-order valence-electron chi connectivity index (χ2n) is 6.24. The summed E-state index contributed by atoms with van der Waals surface area (Å²) < 4.78 is 0. The van der Waals surface area contributed by atoms with Crippen molar-refractivity contribution in [3.05, 3.63) is 53.2 Å². The molecule has 104 valence electrons. The van der Waals surface area contributed by atoms with Crippen molar-refractivity contribution >= 4 is 17.5 Å². The number of Topliss-reactive ketones (excluding diaryl/α,β-unsaturated/α-hetero) is 1. The minimum atomic E-state index is 0.0797. The van der Waals surface area contributed by atoms with E-state index >= 15 is 0 Å². The fourth-order valence-corrected chi connectivity index (χ4v) is 3.65. The molecule has 0 aliphatic heterocycles. The van der Waals surface area contributed by atoms with Crippen LogP contribution in [0.1, 0.15) is 41.9 Å². The van der Waals surface area contributed by atoms with E-state index in [1.807, 2.05) is 12.1 Å². The van der Waals surface area contributed by atoms with Crippen molar-refractivity contribution < 1.29 is 4.79 Å². The molecule has 0 atom stereocenters. The Balaban J connectivity index is 1.75. The van der Waals surface area contributed by atoms with Gasteiger partial charge in [-0.2, -0.15) is 0 Å². The maximum absolute atomic E-state index is 12.2. The molecule has 1 N–H and O–H groups in total. The summed E-state index contributed by atoms with van der Waals surface area (Å²) in [7, 11) is 0. The summed E-state index contributed by atoms with van der Waals surface area (Å²) in [5, 5.41) is 1.10. The van der Waals surface area contributed by atoms with Crippen molar-refractivity contribution in [3.63, 3.8) is 0 Å². The van der Waals surface area contributed by atoms with Gasteiger partial charge in [-0.25, -0.2) is 0 Å². The number of benzene rings is 1. The van der Waals surface area contributed by atoms with Crippen LogP contribution in [0.2, 0.25) is 0 Å². The molecule has 3 heteroatoms. The predicted octanol–water partition coefficient (Wildman–Crippen LogP) is 4.46. The topological polar surface area (TPSA) is 32.9 Å². The van der Waals surface area contributed by atoms with E-state index in [9.17, 15) is 4.79 Å². The summed E-state index contributed by atoms with van der Waals surface area (Å²) in [6.45, 7) is 4.32. The number of aromatic amines is 1. The number of carbonyl (C=O) groups excluding carboxylic acids is 1. The van der Waals surface area contributed by atoms with E-state index in [0.717, 1.165) is 28.5 Å². The van der Waals surface area contributed by atoms with E-state index < -0.39 is 0 Å². The van der Waals surface area contributed by atoms with Crippen LogP contribution in [0.4, 0.5) is 0 Å². The minimum Gasteiger partial charge on any atom is -0.353 e. The van der Waals surface area contributed by atoms with Gasteiger partial charge < -0.3 is 4.98 Å². The first-order valence-corrected chi connectivity index (χ1v) is 7.94. The van der Waals surface area contributed by atoms with Crippen molar-refractivity contribution in [1.29, 1.82) is 0 Å². The van der Waals surface area contributed by atoms with Crippen LogP contribution in [0.25, 0.3) is 0 Å². The second kappa shape index (κ2) is 5.13. The number of rotatable bonds is 3. The standard InChI is InChI=1S/C17H19NOS/c1-17(2)9-14-13(15(19)10-17)8-16(18-14)20-11-12-6-4-3-5-7-12/h3-8,18H,9-11H2,1-2H3. The Bertz CT molecular complexity index is 628. The summed E-state index contributed by atoms with van der Waals surface area (Å²) in [5.41, 5.74) is 3.40. The van der Waals surface area contributed by atoms with Gasteiger partial charge in [-0.1, -0.05) is 44.2 Å². The molecule has 20 heavy (non-hydrogen) atoms. The van der Waals surface area contributed by atoms with Crippen LogP contribution >= 0.6 is 11.8 Å². The molecule has 0 spiro atoms. The largest absolute Gasteiger partial charge is 0.353 e. The van der Waals surface area contributed by atoms with Crippen LogP contribution in [-0.2, 0) is 12.2 Å². The van der Waals surface area contributed by atoms with Gasteiger partial charge in [0.05, 0.1) is 5.03 Å². The van der Waals surface area contributed by atoms with Crippen LogP contribution in [0, 0.1) is 5.41 Å². The van der Waals surface area contributed by atoms with Gasteiger partial charge in [0.25, 0.3) is 0 Å². The molecule has 1 aliphatic rings. The number of H-pyrrole nitrogens is 1. The molecule has 0 amide bonds. The molecule has 3 rings (SSSR count). The smallest absolute Gasteiger partial charge is 0.165 e. The Kier molecular flexibility index (Phi) is 3.47. The van der Waals surface area contributed by atoms with Crippen molar-refractivity contribution in [3.8, 4) is 0 Å². The zero-order valence-electron chi connectivity index (χ0n) is 11.9. The van der Waals surface area contributed by atoms with E-state index in [0.29, 0.717) is 6.42 Å². The predicted molar refractivity (Wildman–Crippen MR) is 83.2 cm³/mol. The van der Waals surface area contributed by atoms with E-state index in [2.05, 4.69) is 43.1 Å². The Morgan fingerprint density at radius 1 is 1.20 bits per heavy atom. The highest BCUT2D eigenvalue weighted by atomic mass is 32.2. The van der Waals surface area contributed by atoms with Crippen LogP contribution in [0.3, 0.4) is 0 Å². The van der Waals surface area contributed by atoms with Crippen LogP contribution in [0.5, 0.6) is 0 Å². The van der Waals surface area contributed by atoms with Gasteiger partial charge in [-0.3, -0.25) is 4.79 Å². The summed E-state index contributed by atoms with van der Waals surface area (Å²) in [6.07, 6.45) is 1.61. The summed E-state index contributed by atoms with van der Waals surface area (Å²) >= 11 is 1.76. The monoisotopic (exact) mass is 285 g/mol. The molecule has 1 aliphatic carbocycles. The molecule has 2 nitrogen and oxygen atoms in total. The zero-order valence-corrected chi connectivity index (χ0v) is 12.7. The maximum atomic E-state index is 12.2. The third-order valence-electron chi connectivity index (χ3n) is 3.71.